The van der Waals surface area contributed by atoms with Crippen molar-refractivity contribution in [3.05, 3.63) is 57.3 Å². The highest BCUT2D eigenvalue weighted by Gasteiger charge is 2.02. The van der Waals surface area contributed by atoms with Crippen molar-refractivity contribution in [2.75, 3.05) is 0 Å². The lowest BCUT2D eigenvalue weighted by Gasteiger charge is -2.08. The van der Waals surface area contributed by atoms with Crippen molar-refractivity contribution in [3.63, 3.8) is 0 Å². The minimum atomic E-state index is -0.214. The number of aryl methyl sites for hydroxylation is 2. The van der Waals surface area contributed by atoms with E-state index < -0.39 is 0 Å². The number of nitrogens with zero attached hydrogens (tertiary/aromatic N) is 1. The summed E-state index contributed by atoms with van der Waals surface area (Å²) in [5.74, 6) is 1.23. The lowest BCUT2D eigenvalue weighted by atomic mass is 10.1. The van der Waals surface area contributed by atoms with Crippen LogP contribution in [0.5, 0.6) is 5.75 Å². The summed E-state index contributed by atoms with van der Waals surface area (Å²) in [6, 6.07) is 7.24. The summed E-state index contributed by atoms with van der Waals surface area (Å²) in [5, 5.41) is 0. The number of benzene rings is 1. The smallest absolute Gasteiger partial charge is 0.251 e. The van der Waals surface area contributed by atoms with Crippen molar-refractivity contribution < 1.29 is 4.74 Å². The maximum atomic E-state index is 11.4. The molecule has 100 valence electrons. The molecule has 0 atom stereocenters. The first kappa shape index (κ1) is 13.3. The average molecular weight is 259 g/mol. The summed E-state index contributed by atoms with van der Waals surface area (Å²) in [7, 11) is 0. The standard InChI is InChI=1S/C14H17N3O2/c1-9-3-4-12(5-10(9)2)19-8-13-16-11(7-15)6-14(18)17-13/h3-6H,7-8,15H2,1-2H3,(H,16,17,18). The first-order chi connectivity index (χ1) is 9.08. The lowest BCUT2D eigenvalue weighted by Crippen LogP contribution is -2.16. The molecule has 1 aromatic heterocycles. The quantitative estimate of drug-likeness (QED) is 0.870. The molecule has 0 aliphatic rings. The highest BCUT2D eigenvalue weighted by atomic mass is 16.5. The molecule has 0 saturated carbocycles. The van der Waals surface area contributed by atoms with Crippen molar-refractivity contribution >= 4 is 0 Å². The average Bonchev–Trinajstić information content (AvgIpc) is 2.39. The molecule has 5 heteroatoms. The molecule has 3 N–H and O–H groups in total. The number of hydrogen-bond acceptors (Lipinski definition) is 4. The molecule has 0 spiro atoms. The first-order valence-corrected chi connectivity index (χ1v) is 6.07. The van der Waals surface area contributed by atoms with Gasteiger partial charge in [-0.05, 0) is 37.1 Å². The topological polar surface area (TPSA) is 81.0 Å². The Labute approximate surface area is 111 Å². The van der Waals surface area contributed by atoms with E-state index in [0.717, 1.165) is 11.3 Å². The van der Waals surface area contributed by atoms with E-state index in [1.807, 2.05) is 32.0 Å². The Morgan fingerprint density at radius 1 is 1.26 bits per heavy atom. The number of nitrogens with one attached hydrogen (secondary N) is 1. The van der Waals surface area contributed by atoms with E-state index in [1.165, 1.54) is 11.6 Å². The number of ether oxygens (including phenoxy) is 1. The van der Waals surface area contributed by atoms with Crippen LogP contribution in [-0.4, -0.2) is 9.97 Å². The molecule has 2 rings (SSSR count). The highest BCUT2D eigenvalue weighted by Crippen LogP contribution is 2.17. The van der Waals surface area contributed by atoms with Gasteiger partial charge in [0.1, 0.15) is 18.2 Å². The minimum absolute atomic E-state index is 0.214. The molecular formula is C14H17N3O2. The molecule has 0 amide bonds. The number of H-pyrrole nitrogens is 1. The van der Waals surface area contributed by atoms with Crippen LogP contribution >= 0.6 is 0 Å². The highest BCUT2D eigenvalue weighted by molar-refractivity contribution is 5.33. The minimum Gasteiger partial charge on any atom is -0.486 e. The van der Waals surface area contributed by atoms with E-state index in [-0.39, 0.29) is 18.7 Å². The second kappa shape index (κ2) is 5.67. The van der Waals surface area contributed by atoms with E-state index in [1.54, 1.807) is 0 Å². The normalized spacial score (nSPS) is 10.5. The van der Waals surface area contributed by atoms with Crippen LogP contribution in [0.25, 0.3) is 0 Å². The maximum absolute atomic E-state index is 11.4. The number of rotatable bonds is 4. The second-order valence-corrected chi connectivity index (χ2v) is 4.42. The monoisotopic (exact) mass is 259 g/mol. The van der Waals surface area contributed by atoms with E-state index >= 15 is 0 Å². The van der Waals surface area contributed by atoms with Gasteiger partial charge in [-0.2, -0.15) is 0 Å². The van der Waals surface area contributed by atoms with Crippen LogP contribution in [0, 0.1) is 13.8 Å². The number of aromatic amines is 1. The predicted octanol–water partition coefficient (Wildman–Crippen LogP) is 1.42. The fraction of sp³-hybridized carbons (Fsp3) is 0.286. The van der Waals surface area contributed by atoms with Gasteiger partial charge in [-0.25, -0.2) is 4.98 Å². The predicted molar refractivity (Wildman–Crippen MR) is 73.0 cm³/mol. The molecule has 19 heavy (non-hydrogen) atoms. The lowest BCUT2D eigenvalue weighted by molar-refractivity contribution is 0.294. The van der Waals surface area contributed by atoms with Gasteiger partial charge in [0.15, 0.2) is 0 Å². The molecule has 1 aromatic carbocycles. The first-order valence-electron chi connectivity index (χ1n) is 6.07. The zero-order valence-corrected chi connectivity index (χ0v) is 11.1. The SMILES string of the molecule is Cc1ccc(OCc2nc(CN)cc(=O)[nH]2)cc1C. The fourth-order valence-electron chi connectivity index (χ4n) is 1.69. The van der Waals surface area contributed by atoms with Gasteiger partial charge in [-0.1, -0.05) is 6.07 Å². The Morgan fingerprint density at radius 3 is 2.74 bits per heavy atom. The third-order valence-electron chi connectivity index (χ3n) is 2.91. The van der Waals surface area contributed by atoms with Gasteiger partial charge in [0.05, 0.1) is 5.69 Å². The Morgan fingerprint density at radius 2 is 2.05 bits per heavy atom. The van der Waals surface area contributed by atoms with Gasteiger partial charge in [-0.15, -0.1) is 0 Å². The Hall–Kier alpha value is -2.14. The van der Waals surface area contributed by atoms with Gasteiger partial charge < -0.3 is 15.5 Å². The number of hydrogen-bond donors (Lipinski definition) is 2. The van der Waals surface area contributed by atoms with Crippen LogP contribution in [0.1, 0.15) is 22.6 Å². The van der Waals surface area contributed by atoms with E-state index in [2.05, 4.69) is 9.97 Å². The zero-order valence-electron chi connectivity index (χ0n) is 11.1. The van der Waals surface area contributed by atoms with Crippen LogP contribution < -0.4 is 16.0 Å². The molecule has 0 fully saturated rings. The Balaban J connectivity index is 2.11. The van der Waals surface area contributed by atoms with Gasteiger partial charge in [0, 0.05) is 12.6 Å². The summed E-state index contributed by atoms with van der Waals surface area (Å²) in [6.45, 7) is 4.52. The Kier molecular flexibility index (Phi) is 3.97. The molecule has 0 unspecified atom stereocenters. The van der Waals surface area contributed by atoms with Crippen molar-refractivity contribution in [1.82, 2.24) is 9.97 Å². The zero-order chi connectivity index (χ0) is 13.8. The third kappa shape index (κ3) is 3.42. The van der Waals surface area contributed by atoms with Crippen LogP contribution in [0.2, 0.25) is 0 Å². The van der Waals surface area contributed by atoms with Gasteiger partial charge in [0.25, 0.3) is 5.56 Å². The van der Waals surface area contributed by atoms with Crippen molar-refractivity contribution in [2.24, 2.45) is 5.73 Å². The Bertz CT molecular complexity index is 635. The maximum Gasteiger partial charge on any atom is 0.251 e. The molecule has 0 bridgehead atoms. The molecular weight excluding hydrogens is 242 g/mol. The summed E-state index contributed by atoms with van der Waals surface area (Å²) in [4.78, 5) is 18.2. The van der Waals surface area contributed by atoms with Crippen LogP contribution in [-0.2, 0) is 13.2 Å². The number of aromatic nitrogens is 2. The van der Waals surface area contributed by atoms with Crippen molar-refractivity contribution in [2.45, 2.75) is 27.0 Å². The summed E-state index contributed by atoms with van der Waals surface area (Å²) >= 11 is 0. The number of nitrogens with two attached hydrogens (primary N) is 1. The summed E-state index contributed by atoms with van der Waals surface area (Å²) in [6.07, 6.45) is 0. The van der Waals surface area contributed by atoms with Crippen molar-refractivity contribution in [3.8, 4) is 5.75 Å². The third-order valence-corrected chi connectivity index (χ3v) is 2.91. The van der Waals surface area contributed by atoms with Crippen LogP contribution in [0.4, 0.5) is 0 Å². The van der Waals surface area contributed by atoms with Gasteiger partial charge >= 0.3 is 0 Å². The molecule has 0 aliphatic heterocycles. The summed E-state index contributed by atoms with van der Waals surface area (Å²) in [5.41, 5.74) is 8.19. The molecule has 0 saturated heterocycles. The van der Waals surface area contributed by atoms with E-state index in [4.69, 9.17) is 10.5 Å². The fourth-order valence-corrected chi connectivity index (χ4v) is 1.69. The molecule has 0 radical (unpaired) electrons. The van der Waals surface area contributed by atoms with E-state index in [9.17, 15) is 4.79 Å². The largest absolute Gasteiger partial charge is 0.486 e. The molecule has 1 heterocycles. The van der Waals surface area contributed by atoms with Crippen LogP contribution in [0.3, 0.4) is 0 Å². The molecule has 2 aromatic rings. The van der Waals surface area contributed by atoms with Gasteiger partial charge in [-0.3, -0.25) is 4.79 Å². The summed E-state index contributed by atoms with van der Waals surface area (Å²) < 4.78 is 5.61. The van der Waals surface area contributed by atoms with Crippen molar-refractivity contribution in [1.29, 1.82) is 0 Å². The molecule has 0 aliphatic carbocycles. The van der Waals surface area contributed by atoms with Gasteiger partial charge in [0.2, 0.25) is 0 Å². The van der Waals surface area contributed by atoms with E-state index in [0.29, 0.717) is 11.5 Å². The van der Waals surface area contributed by atoms with Crippen LogP contribution in [0.15, 0.2) is 29.1 Å². The molecule has 5 nitrogen and oxygen atoms in total. The second-order valence-electron chi connectivity index (χ2n) is 4.42.